The van der Waals surface area contributed by atoms with Crippen LogP contribution in [-0.2, 0) is 9.59 Å². The summed E-state index contributed by atoms with van der Waals surface area (Å²) in [5.74, 6) is -1.48. The van der Waals surface area contributed by atoms with Gasteiger partial charge in [0.1, 0.15) is 11.6 Å². The Morgan fingerprint density at radius 3 is 2.04 bits per heavy atom. The van der Waals surface area contributed by atoms with Crippen LogP contribution in [0.1, 0.15) is 6.42 Å². The van der Waals surface area contributed by atoms with Crippen LogP contribution in [-0.4, -0.2) is 18.9 Å². The molecule has 8 heteroatoms. The highest BCUT2D eigenvalue weighted by Gasteiger charge is 2.48. The van der Waals surface area contributed by atoms with E-state index in [1.165, 1.54) is 25.3 Å². The quantitative estimate of drug-likeness (QED) is 0.788. The third-order valence-corrected chi connectivity index (χ3v) is 4.66. The van der Waals surface area contributed by atoms with E-state index in [0.29, 0.717) is 28.6 Å². The van der Waals surface area contributed by atoms with Gasteiger partial charge in [-0.15, -0.1) is 0 Å². The molecule has 1 fully saturated rings. The summed E-state index contributed by atoms with van der Waals surface area (Å²) in [5.41, 5.74) is 0.909. The van der Waals surface area contributed by atoms with Gasteiger partial charge in [0.05, 0.1) is 29.0 Å². The Morgan fingerprint density at radius 2 is 1.54 bits per heavy atom. The Hall–Kier alpha value is -2.31. The number of nitrogens with one attached hydrogen (secondary N) is 2. The molecule has 1 saturated carbocycles. The smallest absolute Gasteiger partial charge is 0.228 e. The molecule has 1 aliphatic rings. The molecule has 136 valence electrons. The first-order chi connectivity index (χ1) is 12.4. The number of benzene rings is 2. The average Bonchev–Trinajstić information content (AvgIpc) is 3.39. The molecule has 3 rings (SSSR count). The lowest BCUT2D eigenvalue weighted by atomic mass is 10.2. The van der Waals surface area contributed by atoms with Gasteiger partial charge in [-0.3, -0.25) is 9.59 Å². The number of amides is 2. The van der Waals surface area contributed by atoms with Gasteiger partial charge in [-0.25, -0.2) is 4.39 Å². The van der Waals surface area contributed by atoms with Crippen molar-refractivity contribution in [1.29, 1.82) is 0 Å². The molecule has 2 aromatic rings. The first-order valence-electron chi connectivity index (χ1n) is 7.79. The van der Waals surface area contributed by atoms with Crippen LogP contribution in [0.3, 0.4) is 0 Å². The van der Waals surface area contributed by atoms with Crippen molar-refractivity contribution in [2.75, 3.05) is 17.7 Å². The van der Waals surface area contributed by atoms with Crippen molar-refractivity contribution in [1.82, 2.24) is 0 Å². The summed E-state index contributed by atoms with van der Waals surface area (Å²) in [7, 11) is 1.50. The normalized spacial score (nSPS) is 18.2. The summed E-state index contributed by atoms with van der Waals surface area (Å²) < 4.78 is 18.2. The topological polar surface area (TPSA) is 67.4 Å². The summed E-state index contributed by atoms with van der Waals surface area (Å²) in [5, 5.41) is 5.67. The third-order valence-electron chi connectivity index (χ3n) is 4.07. The van der Waals surface area contributed by atoms with Crippen molar-refractivity contribution in [3.63, 3.8) is 0 Å². The SMILES string of the molecule is COc1ccc(NC(=O)C2CC2C(=O)Nc2ccc(F)c(Cl)c2)cc1Cl. The minimum Gasteiger partial charge on any atom is -0.495 e. The lowest BCUT2D eigenvalue weighted by molar-refractivity contribution is -0.122. The van der Waals surface area contributed by atoms with Crippen LogP contribution in [0.15, 0.2) is 36.4 Å². The average molecular weight is 397 g/mol. The first kappa shape index (κ1) is 18.5. The zero-order chi connectivity index (χ0) is 18.8. The molecule has 5 nitrogen and oxygen atoms in total. The molecule has 26 heavy (non-hydrogen) atoms. The Morgan fingerprint density at radius 1 is 1.00 bits per heavy atom. The van der Waals surface area contributed by atoms with Crippen LogP contribution in [0.4, 0.5) is 15.8 Å². The van der Waals surface area contributed by atoms with E-state index in [1.807, 2.05) is 0 Å². The Bertz CT molecular complexity index is 876. The number of ether oxygens (including phenoxy) is 1. The van der Waals surface area contributed by atoms with Crippen LogP contribution < -0.4 is 15.4 Å². The fourth-order valence-corrected chi connectivity index (χ4v) is 3.00. The van der Waals surface area contributed by atoms with Gasteiger partial charge in [-0.05, 0) is 42.8 Å². The summed E-state index contributed by atoms with van der Waals surface area (Å²) in [6.45, 7) is 0. The maximum atomic E-state index is 13.1. The Labute approximate surface area is 159 Å². The molecule has 0 bridgehead atoms. The van der Waals surface area contributed by atoms with Gasteiger partial charge in [0, 0.05) is 11.4 Å². The number of methoxy groups -OCH3 is 1. The number of hydrogen-bond donors (Lipinski definition) is 2. The zero-order valence-electron chi connectivity index (χ0n) is 13.7. The van der Waals surface area contributed by atoms with Gasteiger partial charge < -0.3 is 15.4 Å². The van der Waals surface area contributed by atoms with E-state index in [4.69, 9.17) is 27.9 Å². The zero-order valence-corrected chi connectivity index (χ0v) is 15.2. The van der Waals surface area contributed by atoms with Crippen molar-refractivity contribution in [3.05, 3.63) is 52.3 Å². The van der Waals surface area contributed by atoms with Crippen LogP contribution in [0.2, 0.25) is 10.0 Å². The lowest BCUT2D eigenvalue weighted by Gasteiger charge is -2.08. The molecule has 0 aliphatic heterocycles. The van der Waals surface area contributed by atoms with Gasteiger partial charge in [0.2, 0.25) is 11.8 Å². The van der Waals surface area contributed by atoms with Gasteiger partial charge in [0.15, 0.2) is 0 Å². The molecule has 0 heterocycles. The van der Waals surface area contributed by atoms with E-state index in [9.17, 15) is 14.0 Å². The highest BCUT2D eigenvalue weighted by Crippen LogP contribution is 2.40. The molecular weight excluding hydrogens is 382 g/mol. The van der Waals surface area contributed by atoms with E-state index >= 15 is 0 Å². The second-order valence-electron chi connectivity index (χ2n) is 5.91. The standard InChI is InChI=1S/C18H15Cl2FN2O3/c1-26-16-5-3-10(7-14(16)20)23-18(25)12-8-11(12)17(24)22-9-2-4-15(21)13(19)6-9/h2-7,11-12H,8H2,1H3,(H,22,24)(H,23,25). The molecule has 0 aromatic heterocycles. The number of carbonyl (C=O) groups is 2. The predicted octanol–water partition coefficient (Wildman–Crippen LogP) is 4.35. The van der Waals surface area contributed by atoms with Gasteiger partial charge in [-0.2, -0.15) is 0 Å². The number of hydrogen-bond acceptors (Lipinski definition) is 3. The molecule has 0 saturated heterocycles. The Balaban J connectivity index is 1.57. The largest absolute Gasteiger partial charge is 0.495 e. The maximum absolute atomic E-state index is 13.1. The number of carbonyl (C=O) groups excluding carboxylic acids is 2. The van der Waals surface area contributed by atoms with Crippen LogP contribution >= 0.6 is 23.2 Å². The second kappa shape index (κ2) is 7.51. The minimum absolute atomic E-state index is 0.0794. The van der Waals surface area contributed by atoms with E-state index < -0.39 is 17.7 Å². The highest BCUT2D eigenvalue weighted by atomic mass is 35.5. The Kier molecular flexibility index (Phi) is 5.34. The molecule has 0 spiro atoms. The van der Waals surface area contributed by atoms with E-state index in [2.05, 4.69) is 10.6 Å². The van der Waals surface area contributed by atoms with E-state index in [0.717, 1.165) is 0 Å². The molecule has 2 atom stereocenters. The third kappa shape index (κ3) is 4.08. The summed E-state index contributed by atoms with van der Waals surface area (Å²) in [4.78, 5) is 24.5. The van der Waals surface area contributed by atoms with Gasteiger partial charge >= 0.3 is 0 Å². The van der Waals surface area contributed by atoms with Crippen molar-refractivity contribution in [2.45, 2.75) is 6.42 Å². The summed E-state index contributed by atoms with van der Waals surface area (Å²) in [6.07, 6.45) is 0.441. The molecule has 1 aliphatic carbocycles. The van der Waals surface area contributed by atoms with Crippen LogP contribution in [0.25, 0.3) is 0 Å². The molecular formula is C18H15Cl2FN2O3. The van der Waals surface area contributed by atoms with E-state index in [-0.39, 0.29) is 16.8 Å². The summed E-state index contributed by atoms with van der Waals surface area (Å²) in [6, 6.07) is 8.80. The molecule has 2 amide bonds. The van der Waals surface area contributed by atoms with Crippen molar-refractivity contribution >= 4 is 46.4 Å². The summed E-state index contributed by atoms with van der Waals surface area (Å²) >= 11 is 11.7. The van der Waals surface area contributed by atoms with Crippen molar-refractivity contribution in [3.8, 4) is 5.75 Å². The highest BCUT2D eigenvalue weighted by molar-refractivity contribution is 6.32. The van der Waals surface area contributed by atoms with E-state index in [1.54, 1.807) is 18.2 Å². The van der Waals surface area contributed by atoms with Gasteiger partial charge in [-0.1, -0.05) is 23.2 Å². The van der Waals surface area contributed by atoms with Crippen LogP contribution in [0.5, 0.6) is 5.75 Å². The fourth-order valence-electron chi connectivity index (χ4n) is 2.56. The minimum atomic E-state index is -0.563. The fraction of sp³-hybridized carbons (Fsp3) is 0.222. The second-order valence-corrected chi connectivity index (χ2v) is 6.72. The van der Waals surface area contributed by atoms with Gasteiger partial charge in [0.25, 0.3) is 0 Å². The predicted molar refractivity (Wildman–Crippen MR) is 98.3 cm³/mol. The number of rotatable bonds is 5. The molecule has 2 N–H and O–H groups in total. The maximum Gasteiger partial charge on any atom is 0.228 e. The molecule has 2 aromatic carbocycles. The van der Waals surface area contributed by atoms with Crippen molar-refractivity contribution in [2.24, 2.45) is 11.8 Å². The molecule has 2 unspecified atom stereocenters. The number of halogens is 3. The van der Waals surface area contributed by atoms with Crippen LogP contribution in [0, 0.1) is 17.7 Å². The monoisotopic (exact) mass is 396 g/mol. The first-order valence-corrected chi connectivity index (χ1v) is 8.55. The van der Waals surface area contributed by atoms with Crippen molar-refractivity contribution < 1.29 is 18.7 Å². The lowest BCUT2D eigenvalue weighted by Crippen LogP contribution is -2.20. The number of anilines is 2. The molecule has 0 radical (unpaired) electrons.